The predicted octanol–water partition coefficient (Wildman–Crippen LogP) is 2.15. The lowest BCUT2D eigenvalue weighted by atomic mass is 9.96. The Morgan fingerprint density at radius 1 is 1.27 bits per heavy atom. The van der Waals surface area contributed by atoms with Gasteiger partial charge in [0.05, 0.1) is 0 Å². The summed E-state index contributed by atoms with van der Waals surface area (Å²) in [6.45, 7) is 6.11. The van der Waals surface area contributed by atoms with Gasteiger partial charge in [-0.25, -0.2) is 0 Å². The van der Waals surface area contributed by atoms with Crippen LogP contribution in [0.25, 0.3) is 0 Å². The lowest BCUT2D eigenvalue weighted by molar-refractivity contribution is 0.343. The Hall–Kier alpha value is -0.0800. The largest absolute Gasteiger partial charge is 0.316 e. The summed E-state index contributed by atoms with van der Waals surface area (Å²) in [5.74, 6) is 1.89. The summed E-state index contributed by atoms with van der Waals surface area (Å²) >= 11 is 0. The Morgan fingerprint density at radius 2 is 2.20 bits per heavy atom. The highest BCUT2D eigenvalue weighted by molar-refractivity contribution is 4.79. The van der Waals surface area contributed by atoms with Gasteiger partial charge >= 0.3 is 0 Å². The third-order valence-electron chi connectivity index (χ3n) is 4.08. The van der Waals surface area contributed by atoms with Gasteiger partial charge in [0.25, 0.3) is 0 Å². The van der Waals surface area contributed by atoms with Crippen molar-refractivity contribution in [1.29, 1.82) is 0 Å². The van der Waals surface area contributed by atoms with Gasteiger partial charge in [0, 0.05) is 6.04 Å². The van der Waals surface area contributed by atoms with Crippen molar-refractivity contribution in [3.63, 3.8) is 0 Å². The molecule has 2 nitrogen and oxygen atoms in total. The fraction of sp³-hybridized carbons (Fsp3) is 1.00. The molecule has 2 rings (SSSR count). The molecule has 2 heteroatoms. The first-order chi connectivity index (χ1) is 7.34. The maximum Gasteiger partial charge on any atom is 0.00697 e. The summed E-state index contributed by atoms with van der Waals surface area (Å²) in [6, 6.07) is 0.830. The van der Waals surface area contributed by atoms with Crippen LogP contribution in [-0.4, -0.2) is 25.7 Å². The SMILES string of the molecule is CC1CCC(NCCC2CCCNC2)C1. The maximum atomic E-state index is 3.73. The molecule has 0 aromatic rings. The van der Waals surface area contributed by atoms with Gasteiger partial charge in [-0.1, -0.05) is 6.92 Å². The average Bonchev–Trinajstić information content (AvgIpc) is 2.66. The second-order valence-electron chi connectivity index (χ2n) is 5.57. The third kappa shape index (κ3) is 3.76. The van der Waals surface area contributed by atoms with Crippen molar-refractivity contribution in [2.45, 2.75) is 51.5 Å². The molecule has 2 fully saturated rings. The van der Waals surface area contributed by atoms with E-state index in [1.165, 1.54) is 58.2 Å². The fourth-order valence-electron chi connectivity index (χ4n) is 3.05. The average molecular weight is 210 g/mol. The van der Waals surface area contributed by atoms with E-state index in [1.807, 2.05) is 0 Å². The van der Waals surface area contributed by atoms with Crippen LogP contribution in [0.2, 0.25) is 0 Å². The monoisotopic (exact) mass is 210 g/mol. The minimum absolute atomic E-state index is 0.830. The van der Waals surface area contributed by atoms with Crippen molar-refractivity contribution in [3.05, 3.63) is 0 Å². The molecule has 2 N–H and O–H groups in total. The summed E-state index contributed by atoms with van der Waals surface area (Å²) in [5, 5.41) is 7.22. The molecular formula is C13H26N2. The first-order valence-corrected chi connectivity index (χ1v) is 6.78. The van der Waals surface area contributed by atoms with Gasteiger partial charge in [-0.15, -0.1) is 0 Å². The van der Waals surface area contributed by atoms with E-state index in [1.54, 1.807) is 0 Å². The second kappa shape index (κ2) is 5.86. The number of rotatable bonds is 4. The summed E-state index contributed by atoms with van der Waals surface area (Å²) in [5.41, 5.74) is 0. The highest BCUT2D eigenvalue weighted by Gasteiger charge is 2.20. The van der Waals surface area contributed by atoms with Crippen LogP contribution in [-0.2, 0) is 0 Å². The topological polar surface area (TPSA) is 24.1 Å². The van der Waals surface area contributed by atoms with Crippen LogP contribution < -0.4 is 10.6 Å². The Labute approximate surface area is 94.2 Å². The lowest BCUT2D eigenvalue weighted by Gasteiger charge is -2.23. The van der Waals surface area contributed by atoms with Gasteiger partial charge < -0.3 is 10.6 Å². The van der Waals surface area contributed by atoms with Gasteiger partial charge in [0.15, 0.2) is 0 Å². The van der Waals surface area contributed by atoms with Gasteiger partial charge in [-0.05, 0) is 70.0 Å². The van der Waals surface area contributed by atoms with Crippen LogP contribution in [0, 0.1) is 11.8 Å². The number of piperidine rings is 1. The molecule has 3 unspecified atom stereocenters. The minimum Gasteiger partial charge on any atom is -0.316 e. The van der Waals surface area contributed by atoms with E-state index in [0.29, 0.717) is 0 Å². The third-order valence-corrected chi connectivity index (χ3v) is 4.08. The molecule has 15 heavy (non-hydrogen) atoms. The predicted molar refractivity (Wildman–Crippen MR) is 65.0 cm³/mol. The van der Waals surface area contributed by atoms with E-state index >= 15 is 0 Å². The molecular weight excluding hydrogens is 184 g/mol. The van der Waals surface area contributed by atoms with E-state index in [0.717, 1.165) is 17.9 Å². The zero-order valence-electron chi connectivity index (χ0n) is 10.1. The van der Waals surface area contributed by atoms with Crippen LogP contribution >= 0.6 is 0 Å². The Balaban J connectivity index is 1.54. The normalized spacial score (nSPS) is 37.0. The molecule has 1 saturated heterocycles. The molecule has 3 atom stereocenters. The molecule has 0 aromatic carbocycles. The van der Waals surface area contributed by atoms with Crippen LogP contribution in [0.15, 0.2) is 0 Å². The molecule has 0 bridgehead atoms. The fourth-order valence-corrected chi connectivity index (χ4v) is 3.05. The van der Waals surface area contributed by atoms with Gasteiger partial charge in [-0.2, -0.15) is 0 Å². The van der Waals surface area contributed by atoms with Gasteiger partial charge in [-0.3, -0.25) is 0 Å². The lowest BCUT2D eigenvalue weighted by Crippen LogP contribution is -2.34. The molecule has 0 amide bonds. The second-order valence-corrected chi connectivity index (χ2v) is 5.57. The molecule has 1 heterocycles. The molecule has 0 spiro atoms. The van der Waals surface area contributed by atoms with Crippen LogP contribution in [0.5, 0.6) is 0 Å². The maximum absolute atomic E-state index is 3.73. The van der Waals surface area contributed by atoms with Crippen molar-refractivity contribution >= 4 is 0 Å². The van der Waals surface area contributed by atoms with E-state index in [9.17, 15) is 0 Å². The summed E-state index contributed by atoms with van der Waals surface area (Å²) in [6.07, 6.45) is 8.44. The van der Waals surface area contributed by atoms with Crippen molar-refractivity contribution in [1.82, 2.24) is 10.6 Å². The minimum atomic E-state index is 0.830. The molecule has 0 radical (unpaired) electrons. The van der Waals surface area contributed by atoms with Crippen molar-refractivity contribution < 1.29 is 0 Å². The molecule has 1 aliphatic carbocycles. The zero-order chi connectivity index (χ0) is 10.5. The first kappa shape index (κ1) is 11.4. The van der Waals surface area contributed by atoms with Crippen molar-refractivity contribution in [2.24, 2.45) is 11.8 Å². The summed E-state index contributed by atoms with van der Waals surface area (Å²) < 4.78 is 0. The van der Waals surface area contributed by atoms with Crippen molar-refractivity contribution in [2.75, 3.05) is 19.6 Å². The van der Waals surface area contributed by atoms with Gasteiger partial charge in [0.1, 0.15) is 0 Å². The Kier molecular flexibility index (Phi) is 4.45. The van der Waals surface area contributed by atoms with Crippen LogP contribution in [0.3, 0.4) is 0 Å². The summed E-state index contributed by atoms with van der Waals surface area (Å²) in [4.78, 5) is 0. The Morgan fingerprint density at radius 3 is 2.87 bits per heavy atom. The number of nitrogens with one attached hydrogen (secondary N) is 2. The standard InChI is InChI=1S/C13H26N2/c1-11-4-5-13(9-11)15-8-6-12-3-2-7-14-10-12/h11-15H,2-10H2,1H3. The van der Waals surface area contributed by atoms with E-state index in [2.05, 4.69) is 17.6 Å². The highest BCUT2D eigenvalue weighted by atomic mass is 14.9. The quantitative estimate of drug-likeness (QED) is 0.743. The molecule has 0 aromatic heterocycles. The van der Waals surface area contributed by atoms with Crippen LogP contribution in [0.4, 0.5) is 0 Å². The van der Waals surface area contributed by atoms with E-state index < -0.39 is 0 Å². The molecule has 88 valence electrons. The molecule has 1 saturated carbocycles. The number of hydrogen-bond donors (Lipinski definition) is 2. The first-order valence-electron chi connectivity index (χ1n) is 6.78. The van der Waals surface area contributed by atoms with Crippen LogP contribution in [0.1, 0.15) is 45.4 Å². The summed E-state index contributed by atoms with van der Waals surface area (Å²) in [7, 11) is 0. The smallest absolute Gasteiger partial charge is 0.00697 e. The molecule has 1 aliphatic heterocycles. The Bertz CT molecular complexity index is 171. The van der Waals surface area contributed by atoms with Crippen molar-refractivity contribution in [3.8, 4) is 0 Å². The van der Waals surface area contributed by atoms with E-state index in [4.69, 9.17) is 0 Å². The van der Waals surface area contributed by atoms with E-state index in [-0.39, 0.29) is 0 Å². The zero-order valence-corrected chi connectivity index (χ0v) is 10.1. The molecule has 2 aliphatic rings. The number of hydrogen-bond acceptors (Lipinski definition) is 2. The highest BCUT2D eigenvalue weighted by Crippen LogP contribution is 2.24. The van der Waals surface area contributed by atoms with Gasteiger partial charge in [0.2, 0.25) is 0 Å².